The lowest BCUT2D eigenvalue weighted by atomic mass is 9.73. The molecular weight excluding hydrogens is 334 g/mol. The first-order chi connectivity index (χ1) is 13.2. The van der Waals surface area contributed by atoms with Crippen molar-refractivity contribution in [3.63, 3.8) is 0 Å². The smallest absolute Gasteiger partial charge is 0.166 e. The van der Waals surface area contributed by atoms with Crippen LogP contribution in [0.15, 0.2) is 48.5 Å². The maximum Gasteiger partial charge on any atom is 0.166 e. The number of ketones is 1. The Morgan fingerprint density at radius 2 is 1.81 bits per heavy atom. The summed E-state index contributed by atoms with van der Waals surface area (Å²) in [4.78, 5) is 15.6. The maximum absolute atomic E-state index is 13.1. The van der Waals surface area contributed by atoms with Gasteiger partial charge in [0.1, 0.15) is 5.75 Å². The predicted octanol–water partition coefficient (Wildman–Crippen LogP) is 4.40. The van der Waals surface area contributed by atoms with Gasteiger partial charge >= 0.3 is 0 Å². The summed E-state index contributed by atoms with van der Waals surface area (Å²) in [6.45, 7) is 3.37. The van der Waals surface area contributed by atoms with Gasteiger partial charge in [-0.3, -0.25) is 4.79 Å². The summed E-state index contributed by atoms with van der Waals surface area (Å²) < 4.78 is 5.31. The molecule has 1 atom stereocenters. The molecule has 1 unspecified atom stereocenters. The molecule has 27 heavy (non-hydrogen) atoms. The van der Waals surface area contributed by atoms with Gasteiger partial charge in [0.15, 0.2) is 5.78 Å². The van der Waals surface area contributed by atoms with E-state index >= 15 is 0 Å². The van der Waals surface area contributed by atoms with Crippen LogP contribution in [-0.4, -0.2) is 37.4 Å². The molecule has 2 aromatic rings. The Morgan fingerprint density at radius 3 is 2.56 bits per heavy atom. The molecule has 1 aliphatic carbocycles. The van der Waals surface area contributed by atoms with Crippen molar-refractivity contribution in [3.05, 3.63) is 65.2 Å². The number of ether oxygens (including phenoxy) is 1. The SMILES string of the molecule is COc1ccc2c(c1)CCC(C1CCN(CCc3ccccc3)CC1)C2=O. The molecule has 3 nitrogen and oxygen atoms in total. The molecule has 3 heteroatoms. The molecule has 1 saturated heterocycles. The molecule has 0 N–H and O–H groups in total. The van der Waals surface area contributed by atoms with Crippen LogP contribution in [0.25, 0.3) is 0 Å². The summed E-state index contributed by atoms with van der Waals surface area (Å²) in [6, 6.07) is 16.6. The van der Waals surface area contributed by atoms with Crippen LogP contribution in [0.3, 0.4) is 0 Å². The van der Waals surface area contributed by atoms with Gasteiger partial charge in [0.05, 0.1) is 7.11 Å². The number of Topliss-reactive ketones (excluding diaryl/α,β-unsaturated/α-hetero) is 1. The van der Waals surface area contributed by atoms with E-state index in [9.17, 15) is 4.79 Å². The minimum atomic E-state index is 0.210. The number of methoxy groups -OCH3 is 1. The topological polar surface area (TPSA) is 29.5 Å². The second-order valence-corrected chi connectivity index (χ2v) is 7.95. The molecule has 2 aliphatic rings. The first-order valence-corrected chi connectivity index (χ1v) is 10.2. The molecule has 142 valence electrons. The van der Waals surface area contributed by atoms with Crippen LogP contribution in [0.1, 0.15) is 40.7 Å². The summed E-state index contributed by atoms with van der Waals surface area (Å²) in [6.07, 6.45) is 5.40. The number of nitrogens with zero attached hydrogens (tertiary/aromatic N) is 1. The highest BCUT2D eigenvalue weighted by atomic mass is 16.5. The molecule has 1 fully saturated rings. The second kappa shape index (κ2) is 8.26. The van der Waals surface area contributed by atoms with Gasteiger partial charge in [-0.2, -0.15) is 0 Å². The Morgan fingerprint density at radius 1 is 1.04 bits per heavy atom. The Labute approximate surface area is 162 Å². The highest BCUT2D eigenvalue weighted by Crippen LogP contribution is 2.36. The van der Waals surface area contributed by atoms with Gasteiger partial charge in [-0.1, -0.05) is 30.3 Å². The quantitative estimate of drug-likeness (QED) is 0.789. The van der Waals surface area contributed by atoms with Gasteiger partial charge in [-0.05, 0) is 80.4 Å². The minimum Gasteiger partial charge on any atom is -0.497 e. The van der Waals surface area contributed by atoms with Crippen LogP contribution in [0.5, 0.6) is 5.75 Å². The molecule has 0 bridgehead atoms. The largest absolute Gasteiger partial charge is 0.497 e. The zero-order chi connectivity index (χ0) is 18.6. The average Bonchev–Trinajstić information content (AvgIpc) is 2.73. The van der Waals surface area contributed by atoms with E-state index in [0.717, 1.165) is 68.6 Å². The summed E-state index contributed by atoms with van der Waals surface area (Å²) >= 11 is 0. The normalized spacial score (nSPS) is 21.1. The first kappa shape index (κ1) is 18.2. The van der Waals surface area contributed by atoms with Crippen molar-refractivity contribution < 1.29 is 9.53 Å². The average molecular weight is 364 g/mol. The van der Waals surface area contributed by atoms with Crippen molar-refractivity contribution in [1.29, 1.82) is 0 Å². The minimum absolute atomic E-state index is 0.210. The number of piperidine rings is 1. The Balaban J connectivity index is 1.32. The Kier molecular flexibility index (Phi) is 5.58. The van der Waals surface area contributed by atoms with Crippen molar-refractivity contribution >= 4 is 5.78 Å². The molecular formula is C24H29NO2. The number of rotatable bonds is 5. The van der Waals surface area contributed by atoms with Crippen molar-refractivity contribution in [2.75, 3.05) is 26.7 Å². The molecule has 0 aromatic heterocycles. The van der Waals surface area contributed by atoms with Gasteiger partial charge in [0.2, 0.25) is 0 Å². The number of carbonyl (C=O) groups excluding carboxylic acids is 1. The van der Waals surface area contributed by atoms with Crippen molar-refractivity contribution in [3.8, 4) is 5.75 Å². The molecule has 4 rings (SSSR count). The highest BCUT2D eigenvalue weighted by Gasteiger charge is 2.35. The standard InChI is InChI=1S/C24H29NO2/c1-27-21-8-10-23-20(17-21)7-9-22(24(23)26)19-12-15-25(16-13-19)14-11-18-5-3-2-4-6-18/h2-6,8,10,17,19,22H,7,9,11-16H2,1H3. The molecule has 2 aromatic carbocycles. The number of fused-ring (bicyclic) bond motifs is 1. The molecule has 1 aliphatic heterocycles. The fraction of sp³-hybridized carbons (Fsp3) is 0.458. The van der Waals surface area contributed by atoms with Gasteiger partial charge in [-0.25, -0.2) is 0 Å². The lowest BCUT2D eigenvalue weighted by Crippen LogP contribution is -2.40. The molecule has 0 radical (unpaired) electrons. The molecule has 0 saturated carbocycles. The number of likely N-dealkylation sites (tertiary alicyclic amines) is 1. The fourth-order valence-corrected chi connectivity index (χ4v) is 4.75. The van der Waals surface area contributed by atoms with Gasteiger partial charge < -0.3 is 9.64 Å². The molecule has 0 amide bonds. The van der Waals surface area contributed by atoms with Crippen LogP contribution in [0.2, 0.25) is 0 Å². The summed E-state index contributed by atoms with van der Waals surface area (Å²) in [5.41, 5.74) is 3.50. The van der Waals surface area contributed by atoms with E-state index in [1.165, 1.54) is 5.56 Å². The maximum atomic E-state index is 13.1. The first-order valence-electron chi connectivity index (χ1n) is 10.2. The van der Waals surface area contributed by atoms with E-state index in [1.807, 2.05) is 18.2 Å². The number of hydrogen-bond acceptors (Lipinski definition) is 3. The molecule has 0 spiro atoms. The third kappa shape index (κ3) is 4.08. The number of aryl methyl sites for hydroxylation is 1. The summed E-state index contributed by atoms with van der Waals surface area (Å²) in [5.74, 6) is 1.97. The monoisotopic (exact) mass is 363 g/mol. The van der Waals surface area contributed by atoms with Crippen LogP contribution < -0.4 is 4.74 Å². The Bertz CT molecular complexity index is 778. The number of carbonyl (C=O) groups is 1. The van der Waals surface area contributed by atoms with Crippen molar-refractivity contribution in [2.45, 2.75) is 32.1 Å². The third-order valence-corrected chi connectivity index (χ3v) is 6.40. The van der Waals surface area contributed by atoms with E-state index < -0.39 is 0 Å². The van der Waals surface area contributed by atoms with E-state index in [-0.39, 0.29) is 5.92 Å². The summed E-state index contributed by atoms with van der Waals surface area (Å²) in [7, 11) is 1.68. The van der Waals surface area contributed by atoms with Gasteiger partial charge in [0.25, 0.3) is 0 Å². The zero-order valence-electron chi connectivity index (χ0n) is 16.2. The van der Waals surface area contributed by atoms with E-state index in [2.05, 4.69) is 35.2 Å². The van der Waals surface area contributed by atoms with Crippen LogP contribution in [0.4, 0.5) is 0 Å². The van der Waals surface area contributed by atoms with Crippen molar-refractivity contribution in [1.82, 2.24) is 4.90 Å². The van der Waals surface area contributed by atoms with E-state index in [1.54, 1.807) is 7.11 Å². The predicted molar refractivity (Wildman–Crippen MR) is 108 cm³/mol. The van der Waals surface area contributed by atoms with Crippen LogP contribution in [0, 0.1) is 11.8 Å². The van der Waals surface area contributed by atoms with E-state index in [4.69, 9.17) is 4.74 Å². The van der Waals surface area contributed by atoms with Crippen molar-refractivity contribution in [2.24, 2.45) is 11.8 Å². The van der Waals surface area contributed by atoms with Crippen LogP contribution >= 0.6 is 0 Å². The zero-order valence-corrected chi connectivity index (χ0v) is 16.2. The number of hydrogen-bond donors (Lipinski definition) is 0. The fourth-order valence-electron chi connectivity index (χ4n) is 4.75. The van der Waals surface area contributed by atoms with Gasteiger partial charge in [0, 0.05) is 18.0 Å². The van der Waals surface area contributed by atoms with E-state index in [0.29, 0.717) is 11.7 Å². The lowest BCUT2D eigenvalue weighted by molar-refractivity contribution is 0.0769. The Hall–Kier alpha value is -2.13. The third-order valence-electron chi connectivity index (χ3n) is 6.40. The van der Waals surface area contributed by atoms with Crippen LogP contribution in [-0.2, 0) is 12.8 Å². The second-order valence-electron chi connectivity index (χ2n) is 7.95. The lowest BCUT2D eigenvalue weighted by Gasteiger charge is -2.37. The molecule has 1 heterocycles. The highest BCUT2D eigenvalue weighted by molar-refractivity contribution is 6.00. The van der Waals surface area contributed by atoms with Gasteiger partial charge in [-0.15, -0.1) is 0 Å². The number of benzene rings is 2. The summed E-state index contributed by atoms with van der Waals surface area (Å²) in [5, 5.41) is 0.